The maximum Gasteiger partial charge on any atom is 0.229 e. The smallest absolute Gasteiger partial charge is 0.229 e. The molecule has 0 saturated carbocycles. The Bertz CT molecular complexity index is 573. The van der Waals surface area contributed by atoms with Crippen LogP contribution >= 0.6 is 0 Å². The van der Waals surface area contributed by atoms with Crippen molar-refractivity contribution in [2.75, 3.05) is 52.4 Å². The molecule has 0 bridgehead atoms. The summed E-state index contributed by atoms with van der Waals surface area (Å²) in [6, 6.07) is 10.9. The van der Waals surface area contributed by atoms with Gasteiger partial charge in [0.05, 0.1) is 5.41 Å². The van der Waals surface area contributed by atoms with Crippen molar-refractivity contribution >= 4 is 5.91 Å². The summed E-state index contributed by atoms with van der Waals surface area (Å²) in [5.41, 5.74) is 1.27. The number of likely N-dealkylation sites (tertiary alicyclic amines) is 1. The maximum atomic E-state index is 12.7. The van der Waals surface area contributed by atoms with Crippen LogP contribution in [0.4, 0.5) is 0 Å². The van der Waals surface area contributed by atoms with Gasteiger partial charge in [0.15, 0.2) is 0 Å². The predicted molar refractivity (Wildman–Crippen MR) is 99.5 cm³/mol. The molecule has 3 aliphatic heterocycles. The van der Waals surface area contributed by atoms with Gasteiger partial charge in [-0.15, -0.1) is 0 Å². The van der Waals surface area contributed by atoms with Gasteiger partial charge in [0.25, 0.3) is 0 Å². The molecule has 1 aromatic rings. The van der Waals surface area contributed by atoms with Gasteiger partial charge < -0.3 is 20.9 Å². The Morgan fingerprint density at radius 3 is 2.48 bits per heavy atom. The number of benzene rings is 1. The van der Waals surface area contributed by atoms with Crippen LogP contribution < -0.4 is 16.0 Å². The van der Waals surface area contributed by atoms with E-state index in [1.165, 1.54) is 18.4 Å². The highest BCUT2D eigenvalue weighted by atomic mass is 16.2. The Labute approximate surface area is 150 Å². The van der Waals surface area contributed by atoms with E-state index in [4.69, 9.17) is 0 Å². The third-order valence-corrected chi connectivity index (χ3v) is 6.47. The van der Waals surface area contributed by atoms with Crippen LogP contribution in [0.2, 0.25) is 0 Å². The number of hydrogen-bond donors (Lipinski definition) is 3. The van der Waals surface area contributed by atoms with E-state index in [1.54, 1.807) is 0 Å². The van der Waals surface area contributed by atoms with Crippen LogP contribution in [0.3, 0.4) is 0 Å². The molecule has 25 heavy (non-hydrogen) atoms. The highest BCUT2D eigenvalue weighted by molar-refractivity contribution is 5.84. The molecule has 0 aliphatic carbocycles. The molecule has 3 heterocycles. The lowest BCUT2D eigenvalue weighted by molar-refractivity contribution is -0.130. The van der Waals surface area contributed by atoms with E-state index in [-0.39, 0.29) is 11.3 Å². The normalized spacial score (nSPS) is 30.3. The number of nitrogens with one attached hydrogen (secondary N) is 3. The summed E-state index contributed by atoms with van der Waals surface area (Å²) in [5.74, 6) is 1.39. The van der Waals surface area contributed by atoms with Crippen molar-refractivity contribution in [1.29, 1.82) is 0 Å². The van der Waals surface area contributed by atoms with Gasteiger partial charge in [-0.3, -0.25) is 4.79 Å². The molecule has 0 spiro atoms. The number of nitrogens with zero attached hydrogens (tertiary/aromatic N) is 1. The molecule has 136 valence electrons. The van der Waals surface area contributed by atoms with Gasteiger partial charge in [0.2, 0.25) is 5.91 Å². The molecule has 5 nitrogen and oxygen atoms in total. The summed E-state index contributed by atoms with van der Waals surface area (Å²) in [6.07, 6.45) is 2.44. The standard InChI is InChI=1S/C20H30N4O/c25-19(20-14-21-12-18(20)13-22-15-20)23-8-11-24-9-6-17(7-10-24)16-4-2-1-3-5-16/h1-5,17-18,21-22H,6-15H2,(H,23,25). The topological polar surface area (TPSA) is 56.4 Å². The zero-order valence-corrected chi connectivity index (χ0v) is 15.0. The Morgan fingerprint density at radius 2 is 1.80 bits per heavy atom. The number of rotatable bonds is 5. The zero-order chi connectivity index (χ0) is 17.1. The lowest BCUT2D eigenvalue weighted by Gasteiger charge is -2.32. The first-order valence-electron chi connectivity index (χ1n) is 9.75. The molecule has 5 heteroatoms. The average Bonchev–Trinajstić information content (AvgIpc) is 3.24. The van der Waals surface area contributed by atoms with E-state index in [0.717, 1.165) is 52.4 Å². The van der Waals surface area contributed by atoms with Crippen molar-refractivity contribution < 1.29 is 4.79 Å². The summed E-state index contributed by atoms with van der Waals surface area (Å²) < 4.78 is 0. The van der Waals surface area contributed by atoms with Crippen molar-refractivity contribution in [3.63, 3.8) is 0 Å². The van der Waals surface area contributed by atoms with Crippen LogP contribution in [0.15, 0.2) is 30.3 Å². The summed E-state index contributed by atoms with van der Waals surface area (Å²) in [4.78, 5) is 15.2. The fourth-order valence-electron chi connectivity index (χ4n) is 4.82. The number of amides is 1. The third kappa shape index (κ3) is 3.46. The minimum absolute atomic E-state index is 0.208. The molecule has 3 fully saturated rings. The Morgan fingerprint density at radius 1 is 1.12 bits per heavy atom. The van der Waals surface area contributed by atoms with Crippen LogP contribution in [-0.2, 0) is 4.79 Å². The fourth-order valence-corrected chi connectivity index (χ4v) is 4.82. The number of carbonyl (C=O) groups is 1. The lowest BCUT2D eigenvalue weighted by atomic mass is 9.80. The van der Waals surface area contributed by atoms with E-state index in [9.17, 15) is 4.79 Å². The number of carbonyl (C=O) groups excluding carboxylic acids is 1. The van der Waals surface area contributed by atoms with Crippen LogP contribution in [-0.4, -0.2) is 63.2 Å². The molecule has 3 saturated heterocycles. The summed E-state index contributed by atoms with van der Waals surface area (Å²) >= 11 is 0. The van der Waals surface area contributed by atoms with Crippen molar-refractivity contribution in [3.8, 4) is 0 Å². The summed E-state index contributed by atoms with van der Waals surface area (Å²) in [5, 5.41) is 10.0. The monoisotopic (exact) mass is 342 g/mol. The summed E-state index contributed by atoms with van der Waals surface area (Å²) in [7, 11) is 0. The van der Waals surface area contributed by atoms with Crippen LogP contribution in [0.5, 0.6) is 0 Å². The van der Waals surface area contributed by atoms with Gasteiger partial charge in [0, 0.05) is 45.2 Å². The van der Waals surface area contributed by atoms with Crippen molar-refractivity contribution in [2.45, 2.75) is 18.8 Å². The van der Waals surface area contributed by atoms with Crippen LogP contribution in [0.25, 0.3) is 0 Å². The van der Waals surface area contributed by atoms with Crippen molar-refractivity contribution in [2.24, 2.45) is 11.3 Å². The van der Waals surface area contributed by atoms with E-state index in [1.807, 2.05) is 0 Å². The van der Waals surface area contributed by atoms with Gasteiger partial charge in [-0.05, 0) is 37.4 Å². The van der Waals surface area contributed by atoms with Crippen LogP contribution in [0.1, 0.15) is 24.3 Å². The maximum absolute atomic E-state index is 12.7. The van der Waals surface area contributed by atoms with E-state index < -0.39 is 0 Å². The molecule has 3 N–H and O–H groups in total. The second-order valence-corrected chi connectivity index (χ2v) is 7.90. The summed E-state index contributed by atoms with van der Waals surface area (Å²) in [6.45, 7) is 7.57. The van der Waals surface area contributed by atoms with E-state index >= 15 is 0 Å². The molecule has 0 radical (unpaired) electrons. The van der Waals surface area contributed by atoms with E-state index in [0.29, 0.717) is 11.8 Å². The third-order valence-electron chi connectivity index (χ3n) is 6.47. The Hall–Kier alpha value is -1.43. The number of hydrogen-bond acceptors (Lipinski definition) is 4. The first kappa shape index (κ1) is 17.0. The molecular weight excluding hydrogens is 312 g/mol. The molecule has 4 rings (SSSR count). The van der Waals surface area contributed by atoms with Gasteiger partial charge in [-0.25, -0.2) is 0 Å². The van der Waals surface area contributed by atoms with Crippen molar-refractivity contribution in [1.82, 2.24) is 20.9 Å². The first-order valence-corrected chi connectivity index (χ1v) is 9.75. The second-order valence-electron chi connectivity index (χ2n) is 7.90. The SMILES string of the molecule is O=C(NCCN1CCC(c2ccccc2)CC1)C12CNCC1CNC2. The largest absolute Gasteiger partial charge is 0.354 e. The van der Waals surface area contributed by atoms with Crippen LogP contribution in [0, 0.1) is 11.3 Å². The number of fused-ring (bicyclic) bond motifs is 1. The van der Waals surface area contributed by atoms with Gasteiger partial charge in [0.1, 0.15) is 0 Å². The first-order chi connectivity index (χ1) is 12.3. The molecule has 0 aromatic heterocycles. The predicted octanol–water partition coefficient (Wildman–Crippen LogP) is 0.791. The van der Waals surface area contributed by atoms with Gasteiger partial charge >= 0.3 is 0 Å². The fraction of sp³-hybridized carbons (Fsp3) is 0.650. The molecule has 0 unspecified atom stereocenters. The Kier molecular flexibility index (Phi) is 5.06. The minimum Gasteiger partial charge on any atom is -0.354 e. The Balaban J connectivity index is 1.21. The molecule has 0 atom stereocenters. The highest BCUT2D eigenvalue weighted by Gasteiger charge is 2.51. The zero-order valence-electron chi connectivity index (χ0n) is 15.0. The van der Waals surface area contributed by atoms with Gasteiger partial charge in [-0.2, -0.15) is 0 Å². The molecular formula is C20H30N4O. The second kappa shape index (κ2) is 7.44. The highest BCUT2D eigenvalue weighted by Crippen LogP contribution is 2.34. The quantitative estimate of drug-likeness (QED) is 0.741. The molecule has 3 aliphatic rings. The lowest BCUT2D eigenvalue weighted by Crippen LogP contribution is -2.49. The van der Waals surface area contributed by atoms with E-state index in [2.05, 4.69) is 51.2 Å². The molecule has 1 amide bonds. The number of piperidine rings is 1. The average molecular weight is 342 g/mol. The van der Waals surface area contributed by atoms with Crippen molar-refractivity contribution in [3.05, 3.63) is 35.9 Å². The van der Waals surface area contributed by atoms with Gasteiger partial charge in [-0.1, -0.05) is 30.3 Å². The minimum atomic E-state index is -0.208. The molecule has 1 aromatic carbocycles.